The summed E-state index contributed by atoms with van der Waals surface area (Å²) in [7, 11) is 3.38. The van der Waals surface area contributed by atoms with Crippen LogP contribution in [0.2, 0.25) is 0 Å². The molecule has 1 aromatic carbocycles. The summed E-state index contributed by atoms with van der Waals surface area (Å²) in [5.41, 5.74) is 1.18. The fraction of sp³-hybridized carbons (Fsp3) is 0.625. The SMILES string of the molecule is CCN1CCC(CNCc2ccc(OC)cc2OC)C1. The largest absolute Gasteiger partial charge is 0.497 e. The van der Waals surface area contributed by atoms with Crippen molar-refractivity contribution >= 4 is 0 Å². The standard InChI is InChI=1S/C16H26N2O2/c1-4-18-8-7-13(12-18)10-17-11-14-5-6-15(19-2)9-16(14)20-3/h5-6,9,13,17H,4,7-8,10-12H2,1-3H3. The summed E-state index contributed by atoms with van der Waals surface area (Å²) >= 11 is 0. The molecule has 0 amide bonds. The van der Waals surface area contributed by atoms with Gasteiger partial charge in [0.2, 0.25) is 0 Å². The second-order valence-corrected chi connectivity index (χ2v) is 5.36. The molecule has 1 N–H and O–H groups in total. The third kappa shape index (κ3) is 3.87. The number of ether oxygens (including phenoxy) is 2. The number of rotatable bonds is 7. The molecule has 0 saturated carbocycles. The number of likely N-dealkylation sites (tertiary alicyclic amines) is 1. The summed E-state index contributed by atoms with van der Waals surface area (Å²) in [5, 5.41) is 3.55. The number of nitrogens with one attached hydrogen (secondary N) is 1. The lowest BCUT2D eigenvalue weighted by Gasteiger charge is -2.15. The van der Waals surface area contributed by atoms with E-state index in [1.54, 1.807) is 14.2 Å². The molecule has 1 fully saturated rings. The predicted molar refractivity (Wildman–Crippen MR) is 81.5 cm³/mol. The fourth-order valence-electron chi connectivity index (χ4n) is 2.78. The van der Waals surface area contributed by atoms with E-state index >= 15 is 0 Å². The van der Waals surface area contributed by atoms with Crippen molar-refractivity contribution in [2.45, 2.75) is 19.9 Å². The monoisotopic (exact) mass is 278 g/mol. The number of benzene rings is 1. The van der Waals surface area contributed by atoms with Crippen LogP contribution in [-0.2, 0) is 6.54 Å². The van der Waals surface area contributed by atoms with Gasteiger partial charge in [0.05, 0.1) is 14.2 Å². The molecule has 4 heteroatoms. The average Bonchev–Trinajstić information content (AvgIpc) is 2.95. The van der Waals surface area contributed by atoms with Crippen LogP contribution >= 0.6 is 0 Å². The first-order chi connectivity index (χ1) is 9.76. The molecule has 112 valence electrons. The second kappa shape index (κ2) is 7.50. The van der Waals surface area contributed by atoms with Crippen molar-refractivity contribution < 1.29 is 9.47 Å². The Kier molecular flexibility index (Phi) is 5.68. The van der Waals surface area contributed by atoms with Crippen LogP contribution in [0.5, 0.6) is 11.5 Å². The smallest absolute Gasteiger partial charge is 0.127 e. The molecular weight excluding hydrogens is 252 g/mol. The van der Waals surface area contributed by atoms with E-state index in [9.17, 15) is 0 Å². The summed E-state index contributed by atoms with van der Waals surface area (Å²) in [4.78, 5) is 2.51. The van der Waals surface area contributed by atoms with E-state index in [1.807, 2.05) is 12.1 Å². The van der Waals surface area contributed by atoms with Crippen LogP contribution in [0.3, 0.4) is 0 Å². The lowest BCUT2D eigenvalue weighted by atomic mass is 10.1. The Morgan fingerprint density at radius 2 is 2.15 bits per heavy atom. The Morgan fingerprint density at radius 3 is 2.80 bits per heavy atom. The quantitative estimate of drug-likeness (QED) is 0.828. The maximum absolute atomic E-state index is 5.42. The van der Waals surface area contributed by atoms with Crippen molar-refractivity contribution in [3.05, 3.63) is 23.8 Å². The van der Waals surface area contributed by atoms with Crippen molar-refractivity contribution in [1.29, 1.82) is 0 Å². The van der Waals surface area contributed by atoms with Crippen molar-refractivity contribution in [2.75, 3.05) is 40.4 Å². The van der Waals surface area contributed by atoms with Crippen LogP contribution in [0, 0.1) is 5.92 Å². The Labute approximate surface area is 122 Å². The molecule has 1 heterocycles. The number of hydrogen-bond donors (Lipinski definition) is 1. The van der Waals surface area contributed by atoms with Gasteiger partial charge in [-0.25, -0.2) is 0 Å². The number of nitrogens with zero attached hydrogens (tertiary/aromatic N) is 1. The fourth-order valence-corrected chi connectivity index (χ4v) is 2.78. The molecule has 0 bridgehead atoms. The third-order valence-electron chi connectivity index (χ3n) is 4.06. The topological polar surface area (TPSA) is 33.7 Å². The highest BCUT2D eigenvalue weighted by molar-refractivity contribution is 5.40. The van der Waals surface area contributed by atoms with Crippen molar-refractivity contribution in [3.63, 3.8) is 0 Å². The highest BCUT2D eigenvalue weighted by atomic mass is 16.5. The lowest BCUT2D eigenvalue weighted by Crippen LogP contribution is -2.26. The van der Waals surface area contributed by atoms with Gasteiger partial charge in [-0.1, -0.05) is 13.0 Å². The molecule has 0 aliphatic carbocycles. The molecule has 1 saturated heterocycles. The van der Waals surface area contributed by atoms with Gasteiger partial charge in [-0.05, 0) is 38.0 Å². The van der Waals surface area contributed by atoms with Crippen LogP contribution in [0.4, 0.5) is 0 Å². The molecule has 0 aromatic heterocycles. The van der Waals surface area contributed by atoms with Crippen molar-refractivity contribution in [2.24, 2.45) is 5.92 Å². The molecular formula is C16H26N2O2. The van der Waals surface area contributed by atoms with Crippen molar-refractivity contribution in [1.82, 2.24) is 10.2 Å². The molecule has 1 atom stereocenters. The summed E-state index contributed by atoms with van der Waals surface area (Å²) in [5.74, 6) is 2.50. The maximum atomic E-state index is 5.42. The molecule has 1 aliphatic heterocycles. The predicted octanol–water partition coefficient (Wildman–Crippen LogP) is 2.14. The first-order valence-electron chi connectivity index (χ1n) is 7.40. The minimum absolute atomic E-state index is 0.777. The number of methoxy groups -OCH3 is 2. The minimum Gasteiger partial charge on any atom is -0.497 e. The van der Waals surface area contributed by atoms with Crippen LogP contribution in [-0.4, -0.2) is 45.3 Å². The highest BCUT2D eigenvalue weighted by Crippen LogP contribution is 2.24. The summed E-state index contributed by atoms with van der Waals surface area (Å²) in [6.07, 6.45) is 1.31. The molecule has 4 nitrogen and oxygen atoms in total. The van der Waals surface area contributed by atoms with Crippen molar-refractivity contribution in [3.8, 4) is 11.5 Å². The van der Waals surface area contributed by atoms with Gasteiger partial charge in [-0.2, -0.15) is 0 Å². The van der Waals surface area contributed by atoms with Gasteiger partial charge in [-0.15, -0.1) is 0 Å². The minimum atomic E-state index is 0.777. The average molecular weight is 278 g/mol. The first-order valence-corrected chi connectivity index (χ1v) is 7.40. The van der Waals surface area contributed by atoms with Crippen LogP contribution in [0.25, 0.3) is 0 Å². The van der Waals surface area contributed by atoms with Gasteiger partial charge in [0.25, 0.3) is 0 Å². The van der Waals surface area contributed by atoms with E-state index in [0.29, 0.717) is 0 Å². The normalized spacial score (nSPS) is 19.2. The first kappa shape index (κ1) is 15.1. The highest BCUT2D eigenvalue weighted by Gasteiger charge is 2.20. The van der Waals surface area contributed by atoms with E-state index in [1.165, 1.54) is 31.6 Å². The number of hydrogen-bond acceptors (Lipinski definition) is 4. The molecule has 1 aliphatic rings. The van der Waals surface area contributed by atoms with E-state index in [0.717, 1.165) is 30.5 Å². The summed E-state index contributed by atoms with van der Waals surface area (Å²) in [6.45, 7) is 7.79. The zero-order valence-electron chi connectivity index (χ0n) is 12.8. The molecule has 2 rings (SSSR count). The third-order valence-corrected chi connectivity index (χ3v) is 4.06. The zero-order valence-corrected chi connectivity index (χ0v) is 12.8. The Balaban J connectivity index is 1.82. The molecule has 0 radical (unpaired) electrons. The Bertz CT molecular complexity index is 423. The molecule has 20 heavy (non-hydrogen) atoms. The van der Waals surface area contributed by atoms with Gasteiger partial charge in [-0.3, -0.25) is 0 Å². The van der Waals surface area contributed by atoms with E-state index in [-0.39, 0.29) is 0 Å². The summed E-state index contributed by atoms with van der Waals surface area (Å²) in [6, 6.07) is 5.98. The van der Waals surface area contributed by atoms with Gasteiger partial charge >= 0.3 is 0 Å². The summed E-state index contributed by atoms with van der Waals surface area (Å²) < 4.78 is 10.6. The van der Waals surface area contributed by atoms with Gasteiger partial charge in [0.1, 0.15) is 11.5 Å². The molecule has 0 spiro atoms. The lowest BCUT2D eigenvalue weighted by molar-refractivity contribution is 0.338. The van der Waals surface area contributed by atoms with E-state index in [4.69, 9.17) is 9.47 Å². The maximum Gasteiger partial charge on any atom is 0.127 e. The molecule has 1 aromatic rings. The van der Waals surface area contributed by atoms with Crippen LogP contribution in [0.15, 0.2) is 18.2 Å². The van der Waals surface area contributed by atoms with Crippen LogP contribution in [0.1, 0.15) is 18.9 Å². The Morgan fingerprint density at radius 1 is 1.30 bits per heavy atom. The van der Waals surface area contributed by atoms with Crippen LogP contribution < -0.4 is 14.8 Å². The second-order valence-electron chi connectivity index (χ2n) is 5.36. The van der Waals surface area contributed by atoms with Gasteiger partial charge in [0, 0.05) is 24.7 Å². The Hall–Kier alpha value is -1.26. The zero-order chi connectivity index (χ0) is 14.4. The van der Waals surface area contributed by atoms with E-state index in [2.05, 4.69) is 23.2 Å². The van der Waals surface area contributed by atoms with Gasteiger partial charge in [0.15, 0.2) is 0 Å². The molecule has 1 unspecified atom stereocenters. The van der Waals surface area contributed by atoms with Gasteiger partial charge < -0.3 is 19.7 Å². The van der Waals surface area contributed by atoms with E-state index < -0.39 is 0 Å².